The minimum absolute atomic E-state index is 0.0659. The van der Waals surface area contributed by atoms with Crippen molar-refractivity contribution in [2.75, 3.05) is 6.54 Å². The Labute approximate surface area is 81.9 Å². The molecule has 1 heterocycles. The number of aromatic nitrogens is 1. The summed E-state index contributed by atoms with van der Waals surface area (Å²) in [6.07, 6.45) is 2.04. The van der Waals surface area contributed by atoms with E-state index in [0.29, 0.717) is 17.1 Å². The number of nitrogens with two attached hydrogens (primary N) is 1. The van der Waals surface area contributed by atoms with Crippen molar-refractivity contribution in [1.29, 1.82) is 0 Å². The van der Waals surface area contributed by atoms with E-state index >= 15 is 0 Å². The van der Waals surface area contributed by atoms with Gasteiger partial charge >= 0.3 is 0 Å². The van der Waals surface area contributed by atoms with Crippen LogP contribution >= 0.6 is 11.6 Å². The Kier molecular flexibility index (Phi) is 3.63. The van der Waals surface area contributed by atoms with E-state index < -0.39 is 5.95 Å². The van der Waals surface area contributed by atoms with Gasteiger partial charge < -0.3 is 5.73 Å². The highest BCUT2D eigenvalue weighted by Gasteiger charge is 2.11. The lowest BCUT2D eigenvalue weighted by molar-refractivity contribution is 0.542. The van der Waals surface area contributed by atoms with Crippen molar-refractivity contribution < 1.29 is 4.39 Å². The maximum Gasteiger partial charge on any atom is 0.216 e. The van der Waals surface area contributed by atoms with Crippen LogP contribution in [0.3, 0.4) is 0 Å². The lowest BCUT2D eigenvalue weighted by atomic mass is 9.99. The van der Waals surface area contributed by atoms with Gasteiger partial charge in [0.2, 0.25) is 5.95 Å². The summed E-state index contributed by atoms with van der Waals surface area (Å²) in [6.45, 7) is 2.44. The molecule has 0 saturated heterocycles. The first-order chi connectivity index (χ1) is 6.15. The first-order valence-electron chi connectivity index (χ1n) is 4.16. The van der Waals surface area contributed by atoms with Crippen molar-refractivity contribution in [3.63, 3.8) is 0 Å². The Hall–Kier alpha value is -0.670. The molecule has 0 saturated carbocycles. The molecule has 1 atom stereocenters. The third kappa shape index (κ3) is 2.64. The molecule has 0 radical (unpaired) electrons. The zero-order chi connectivity index (χ0) is 9.84. The molecule has 0 fully saturated rings. The Morgan fingerprint density at radius 3 is 3.00 bits per heavy atom. The van der Waals surface area contributed by atoms with Gasteiger partial charge in [-0.25, -0.2) is 4.98 Å². The van der Waals surface area contributed by atoms with Gasteiger partial charge in [0.15, 0.2) is 0 Å². The summed E-state index contributed by atoms with van der Waals surface area (Å²) in [6, 6.07) is 1.60. The monoisotopic (exact) mass is 202 g/mol. The summed E-state index contributed by atoms with van der Waals surface area (Å²) in [5.74, 6) is -0.387. The quantitative estimate of drug-likeness (QED) is 0.765. The van der Waals surface area contributed by atoms with Gasteiger partial charge in [-0.3, -0.25) is 0 Å². The fourth-order valence-corrected chi connectivity index (χ4v) is 1.36. The Morgan fingerprint density at radius 1 is 1.69 bits per heavy atom. The molecular weight excluding hydrogens is 191 g/mol. The van der Waals surface area contributed by atoms with Crippen LogP contribution in [0.4, 0.5) is 4.39 Å². The average molecular weight is 203 g/mol. The smallest absolute Gasteiger partial charge is 0.216 e. The molecule has 0 bridgehead atoms. The van der Waals surface area contributed by atoms with Gasteiger partial charge in [0.1, 0.15) is 0 Å². The molecule has 1 unspecified atom stereocenters. The maximum absolute atomic E-state index is 13.1. The predicted octanol–water partition coefficient (Wildman–Crippen LogP) is 2.33. The van der Waals surface area contributed by atoms with Gasteiger partial charge in [0, 0.05) is 11.8 Å². The Morgan fingerprint density at radius 2 is 2.38 bits per heavy atom. The molecule has 0 aliphatic carbocycles. The normalized spacial score (nSPS) is 12.9. The second-order valence-electron chi connectivity index (χ2n) is 3.01. The number of hydrogen-bond donors (Lipinski definition) is 1. The van der Waals surface area contributed by atoms with Crippen LogP contribution in [0.1, 0.15) is 24.8 Å². The molecule has 2 N–H and O–H groups in total. The van der Waals surface area contributed by atoms with Crippen LogP contribution in [0.5, 0.6) is 0 Å². The first kappa shape index (κ1) is 10.4. The number of hydrogen-bond acceptors (Lipinski definition) is 2. The fourth-order valence-electron chi connectivity index (χ4n) is 1.19. The van der Waals surface area contributed by atoms with E-state index in [1.165, 1.54) is 6.20 Å². The van der Waals surface area contributed by atoms with Gasteiger partial charge in [0.05, 0.1) is 5.02 Å². The molecule has 0 amide bonds. The van der Waals surface area contributed by atoms with Gasteiger partial charge in [-0.05, 0) is 24.9 Å². The van der Waals surface area contributed by atoms with Crippen LogP contribution in [-0.4, -0.2) is 11.5 Å². The van der Waals surface area contributed by atoms with E-state index in [-0.39, 0.29) is 5.92 Å². The van der Waals surface area contributed by atoms with E-state index in [0.717, 1.165) is 6.42 Å². The number of rotatable bonds is 3. The van der Waals surface area contributed by atoms with Gasteiger partial charge in [-0.2, -0.15) is 4.39 Å². The molecular formula is C9H12ClFN2. The minimum Gasteiger partial charge on any atom is -0.330 e. The van der Waals surface area contributed by atoms with Crippen LogP contribution < -0.4 is 5.73 Å². The SMILES string of the molecule is CC(CCN)c1cc(Cl)cnc1F. The van der Waals surface area contributed by atoms with Crippen LogP contribution in [0.2, 0.25) is 5.02 Å². The topological polar surface area (TPSA) is 38.9 Å². The molecule has 13 heavy (non-hydrogen) atoms. The van der Waals surface area contributed by atoms with Crippen molar-refractivity contribution in [3.8, 4) is 0 Å². The molecule has 72 valence electrons. The molecule has 1 aromatic rings. The van der Waals surface area contributed by atoms with Crippen LogP contribution in [0.15, 0.2) is 12.3 Å². The highest BCUT2D eigenvalue weighted by molar-refractivity contribution is 6.30. The summed E-state index contributed by atoms with van der Waals surface area (Å²) >= 11 is 5.70. The Bertz CT molecular complexity index is 291. The van der Waals surface area contributed by atoms with E-state index in [4.69, 9.17) is 17.3 Å². The third-order valence-electron chi connectivity index (χ3n) is 1.96. The van der Waals surface area contributed by atoms with Gasteiger partial charge in [-0.15, -0.1) is 0 Å². The van der Waals surface area contributed by atoms with Gasteiger partial charge in [-0.1, -0.05) is 18.5 Å². The lowest BCUT2D eigenvalue weighted by Crippen LogP contribution is -2.06. The summed E-state index contributed by atoms with van der Waals surface area (Å²) in [4.78, 5) is 3.54. The summed E-state index contributed by atoms with van der Waals surface area (Å²) in [7, 11) is 0. The molecule has 0 aliphatic rings. The van der Waals surface area contributed by atoms with Crippen molar-refractivity contribution in [1.82, 2.24) is 4.98 Å². The number of nitrogens with zero attached hydrogens (tertiary/aromatic N) is 1. The third-order valence-corrected chi connectivity index (χ3v) is 2.17. The molecule has 2 nitrogen and oxygen atoms in total. The second-order valence-corrected chi connectivity index (χ2v) is 3.45. The number of pyridine rings is 1. The first-order valence-corrected chi connectivity index (χ1v) is 4.54. The summed E-state index contributed by atoms with van der Waals surface area (Å²) in [5, 5.41) is 0.459. The molecule has 1 aromatic heterocycles. The predicted molar refractivity (Wildman–Crippen MR) is 51.3 cm³/mol. The highest BCUT2D eigenvalue weighted by atomic mass is 35.5. The summed E-state index contributed by atoms with van der Waals surface area (Å²) < 4.78 is 13.1. The summed E-state index contributed by atoms with van der Waals surface area (Å²) in [5.41, 5.74) is 5.92. The number of halogens is 2. The van der Waals surface area contributed by atoms with Crippen LogP contribution in [0.25, 0.3) is 0 Å². The van der Waals surface area contributed by atoms with Crippen molar-refractivity contribution in [2.45, 2.75) is 19.3 Å². The Balaban J connectivity index is 2.91. The van der Waals surface area contributed by atoms with E-state index in [1.54, 1.807) is 6.07 Å². The largest absolute Gasteiger partial charge is 0.330 e. The van der Waals surface area contributed by atoms with Crippen LogP contribution in [0, 0.1) is 5.95 Å². The lowest BCUT2D eigenvalue weighted by Gasteiger charge is -2.10. The zero-order valence-electron chi connectivity index (χ0n) is 7.43. The fraction of sp³-hybridized carbons (Fsp3) is 0.444. The molecule has 4 heteroatoms. The van der Waals surface area contributed by atoms with Crippen molar-refractivity contribution >= 4 is 11.6 Å². The average Bonchev–Trinajstić information content (AvgIpc) is 2.09. The van der Waals surface area contributed by atoms with Crippen molar-refractivity contribution in [3.05, 3.63) is 28.8 Å². The molecule has 0 spiro atoms. The zero-order valence-corrected chi connectivity index (χ0v) is 8.18. The van der Waals surface area contributed by atoms with E-state index in [2.05, 4.69) is 4.98 Å². The van der Waals surface area contributed by atoms with E-state index in [1.807, 2.05) is 6.92 Å². The molecule has 0 aromatic carbocycles. The molecule has 0 aliphatic heterocycles. The highest BCUT2D eigenvalue weighted by Crippen LogP contribution is 2.22. The maximum atomic E-state index is 13.1. The second kappa shape index (κ2) is 4.53. The standard InChI is InChI=1S/C9H12ClFN2/c1-6(2-3-12)8-4-7(10)5-13-9(8)11/h4-6H,2-3,12H2,1H3. The minimum atomic E-state index is -0.453. The molecule has 1 rings (SSSR count). The van der Waals surface area contributed by atoms with Crippen molar-refractivity contribution in [2.24, 2.45) is 5.73 Å². The van der Waals surface area contributed by atoms with E-state index in [9.17, 15) is 4.39 Å². The van der Waals surface area contributed by atoms with Gasteiger partial charge in [0.25, 0.3) is 0 Å². The van der Waals surface area contributed by atoms with Crippen LogP contribution in [-0.2, 0) is 0 Å².